The van der Waals surface area contributed by atoms with E-state index in [-0.39, 0.29) is 29.5 Å². The zero-order valence-corrected chi connectivity index (χ0v) is 20.0. The van der Waals surface area contributed by atoms with E-state index in [4.69, 9.17) is 0 Å². The van der Waals surface area contributed by atoms with Crippen molar-refractivity contribution in [2.45, 2.75) is 51.7 Å². The number of aliphatic imine (C=N–C) groups is 1. The van der Waals surface area contributed by atoms with E-state index in [1.807, 2.05) is 0 Å². The number of nitrogens with zero attached hydrogens (tertiary/aromatic N) is 3. The quantitative estimate of drug-likeness (QED) is 0.330. The van der Waals surface area contributed by atoms with Crippen molar-refractivity contribution in [3.05, 3.63) is 16.1 Å². The van der Waals surface area contributed by atoms with E-state index >= 15 is 0 Å². The summed E-state index contributed by atoms with van der Waals surface area (Å²) in [4.78, 5) is 10.4. The summed E-state index contributed by atoms with van der Waals surface area (Å²) in [6, 6.07) is 0. The molecule has 0 spiro atoms. The SMILES string of the molecule is CN=C(NCCc1nc(C(F)(F)F)cs1)NCC(C)(C)N1CCCC(C)C1.I. The summed E-state index contributed by atoms with van der Waals surface area (Å²) in [7, 11) is 1.69. The van der Waals surface area contributed by atoms with Crippen LogP contribution in [0.1, 0.15) is 44.3 Å². The van der Waals surface area contributed by atoms with Gasteiger partial charge in [0.2, 0.25) is 0 Å². The summed E-state index contributed by atoms with van der Waals surface area (Å²) in [6.45, 7) is 10.2. The predicted molar refractivity (Wildman–Crippen MR) is 120 cm³/mol. The van der Waals surface area contributed by atoms with Gasteiger partial charge in [-0.25, -0.2) is 4.98 Å². The molecule has 1 aliphatic heterocycles. The van der Waals surface area contributed by atoms with Crippen molar-refractivity contribution in [3.63, 3.8) is 0 Å². The Morgan fingerprint density at radius 2 is 2.07 bits per heavy atom. The zero-order valence-electron chi connectivity index (χ0n) is 16.9. The van der Waals surface area contributed by atoms with Crippen LogP contribution in [0.25, 0.3) is 0 Å². The fourth-order valence-electron chi connectivity index (χ4n) is 3.22. The molecule has 0 saturated carbocycles. The van der Waals surface area contributed by atoms with Gasteiger partial charge in [-0.3, -0.25) is 9.89 Å². The van der Waals surface area contributed by atoms with Gasteiger partial charge in [0.1, 0.15) is 0 Å². The third-order valence-electron chi connectivity index (χ3n) is 4.90. The lowest BCUT2D eigenvalue weighted by Crippen LogP contribution is -2.56. The van der Waals surface area contributed by atoms with Crippen molar-refractivity contribution in [2.75, 3.05) is 33.2 Å². The standard InChI is InChI=1S/C18H30F3N5S.HI/c1-13-6-5-9-26(10-13)17(2,3)12-24-16(22-4)23-8-7-15-25-14(11-27-15)18(19,20)21;/h11,13H,5-10,12H2,1-4H3,(H2,22,23,24);1H. The molecule has 1 aromatic rings. The Kier molecular flexibility index (Phi) is 9.95. The Labute approximate surface area is 186 Å². The molecule has 2 N–H and O–H groups in total. The molecule has 1 fully saturated rings. The normalized spacial score (nSPS) is 19.2. The van der Waals surface area contributed by atoms with Crippen molar-refractivity contribution in [1.82, 2.24) is 20.5 Å². The minimum Gasteiger partial charge on any atom is -0.356 e. The monoisotopic (exact) mass is 533 g/mol. The molecule has 5 nitrogen and oxygen atoms in total. The van der Waals surface area contributed by atoms with Gasteiger partial charge in [-0.05, 0) is 39.2 Å². The number of halogens is 4. The molecule has 1 aliphatic rings. The molecule has 0 aromatic carbocycles. The van der Waals surface area contributed by atoms with E-state index in [9.17, 15) is 13.2 Å². The largest absolute Gasteiger partial charge is 0.434 e. The maximum Gasteiger partial charge on any atom is 0.434 e. The van der Waals surface area contributed by atoms with Crippen molar-refractivity contribution in [2.24, 2.45) is 10.9 Å². The maximum absolute atomic E-state index is 12.6. The van der Waals surface area contributed by atoms with Crippen LogP contribution in [0.2, 0.25) is 0 Å². The van der Waals surface area contributed by atoms with Crippen LogP contribution in [0.5, 0.6) is 0 Å². The molecule has 1 atom stereocenters. The Morgan fingerprint density at radius 1 is 1.36 bits per heavy atom. The Balaban J connectivity index is 0.00000392. The first-order valence-electron chi connectivity index (χ1n) is 9.33. The van der Waals surface area contributed by atoms with E-state index in [1.165, 1.54) is 12.8 Å². The molecule has 1 saturated heterocycles. The predicted octanol–water partition coefficient (Wildman–Crippen LogP) is 4.00. The van der Waals surface area contributed by atoms with Crippen molar-refractivity contribution in [3.8, 4) is 0 Å². The number of thiazole rings is 1. The van der Waals surface area contributed by atoms with Crippen LogP contribution < -0.4 is 10.6 Å². The second-order valence-corrected chi connectivity index (χ2v) is 8.68. The molecule has 162 valence electrons. The van der Waals surface area contributed by atoms with Crippen LogP contribution in [0, 0.1) is 5.92 Å². The summed E-state index contributed by atoms with van der Waals surface area (Å²) in [5, 5.41) is 8.02. The van der Waals surface area contributed by atoms with E-state index < -0.39 is 11.9 Å². The van der Waals surface area contributed by atoms with Crippen LogP contribution in [0.15, 0.2) is 10.4 Å². The smallest absolute Gasteiger partial charge is 0.356 e. The third kappa shape index (κ3) is 7.66. The molecule has 0 bridgehead atoms. The molecule has 1 unspecified atom stereocenters. The minimum atomic E-state index is -4.38. The minimum absolute atomic E-state index is 0. The van der Waals surface area contributed by atoms with Gasteiger partial charge in [-0.2, -0.15) is 13.2 Å². The summed E-state index contributed by atoms with van der Waals surface area (Å²) >= 11 is 1.03. The highest BCUT2D eigenvalue weighted by molar-refractivity contribution is 14.0. The summed E-state index contributed by atoms with van der Waals surface area (Å²) in [5.74, 6) is 1.37. The van der Waals surface area contributed by atoms with Gasteiger partial charge < -0.3 is 10.6 Å². The van der Waals surface area contributed by atoms with Gasteiger partial charge in [0.25, 0.3) is 0 Å². The first kappa shape index (κ1) is 25.4. The van der Waals surface area contributed by atoms with E-state index in [0.29, 0.717) is 23.9 Å². The molecular formula is C18H31F3IN5S. The van der Waals surface area contributed by atoms with Gasteiger partial charge >= 0.3 is 6.18 Å². The van der Waals surface area contributed by atoms with Gasteiger partial charge in [-0.1, -0.05) is 6.92 Å². The fourth-order valence-corrected chi connectivity index (χ4v) is 4.02. The fraction of sp³-hybridized carbons (Fsp3) is 0.778. The number of hydrogen-bond acceptors (Lipinski definition) is 4. The van der Waals surface area contributed by atoms with E-state index in [1.54, 1.807) is 7.05 Å². The highest BCUT2D eigenvalue weighted by Crippen LogP contribution is 2.30. The number of hydrogen-bond donors (Lipinski definition) is 2. The first-order valence-corrected chi connectivity index (χ1v) is 10.2. The molecule has 28 heavy (non-hydrogen) atoms. The second-order valence-electron chi connectivity index (χ2n) is 7.73. The van der Waals surface area contributed by atoms with Gasteiger partial charge in [-0.15, -0.1) is 35.3 Å². The van der Waals surface area contributed by atoms with Gasteiger partial charge in [0.15, 0.2) is 11.7 Å². The zero-order chi connectivity index (χ0) is 20.1. The Hall–Kier alpha value is -0.620. The first-order chi connectivity index (χ1) is 12.6. The van der Waals surface area contributed by atoms with Gasteiger partial charge in [0.05, 0.1) is 5.01 Å². The van der Waals surface area contributed by atoms with E-state index in [0.717, 1.165) is 42.3 Å². The van der Waals surface area contributed by atoms with Crippen molar-refractivity contribution in [1.29, 1.82) is 0 Å². The molecule has 0 amide bonds. The average Bonchev–Trinajstić information content (AvgIpc) is 3.07. The molecular weight excluding hydrogens is 502 g/mol. The summed E-state index contributed by atoms with van der Waals surface area (Å²) < 4.78 is 37.8. The number of rotatable bonds is 6. The summed E-state index contributed by atoms with van der Waals surface area (Å²) in [5.41, 5.74) is -0.814. The molecule has 1 aromatic heterocycles. The van der Waals surface area contributed by atoms with Crippen LogP contribution in [0.3, 0.4) is 0 Å². The lowest BCUT2D eigenvalue weighted by Gasteiger charge is -2.43. The highest BCUT2D eigenvalue weighted by Gasteiger charge is 2.33. The van der Waals surface area contributed by atoms with Crippen LogP contribution in [0.4, 0.5) is 13.2 Å². The van der Waals surface area contributed by atoms with Crippen molar-refractivity contribution >= 4 is 41.3 Å². The number of likely N-dealkylation sites (tertiary alicyclic amines) is 1. The van der Waals surface area contributed by atoms with Crippen LogP contribution in [-0.4, -0.2) is 54.6 Å². The summed E-state index contributed by atoms with van der Waals surface area (Å²) in [6.07, 6.45) is -1.44. The average molecular weight is 533 g/mol. The lowest BCUT2D eigenvalue weighted by molar-refractivity contribution is -0.140. The van der Waals surface area contributed by atoms with Gasteiger partial charge in [0, 0.05) is 44.0 Å². The van der Waals surface area contributed by atoms with E-state index in [2.05, 4.69) is 46.3 Å². The third-order valence-corrected chi connectivity index (χ3v) is 5.81. The van der Waals surface area contributed by atoms with Crippen molar-refractivity contribution < 1.29 is 13.2 Å². The molecule has 0 aliphatic carbocycles. The number of alkyl halides is 3. The number of piperidine rings is 1. The molecule has 0 radical (unpaired) electrons. The molecule has 2 rings (SSSR count). The maximum atomic E-state index is 12.6. The number of nitrogens with one attached hydrogen (secondary N) is 2. The molecule has 2 heterocycles. The number of aromatic nitrogens is 1. The Morgan fingerprint density at radius 3 is 2.64 bits per heavy atom. The second kappa shape index (κ2) is 11.0. The number of guanidine groups is 1. The molecule has 10 heteroatoms. The lowest BCUT2D eigenvalue weighted by atomic mass is 9.93. The highest BCUT2D eigenvalue weighted by atomic mass is 127. The van der Waals surface area contributed by atoms with Crippen LogP contribution in [-0.2, 0) is 12.6 Å². The topological polar surface area (TPSA) is 52.6 Å². The Bertz CT molecular complexity index is 633. The van der Waals surface area contributed by atoms with Crippen LogP contribution >= 0.6 is 35.3 Å².